The summed E-state index contributed by atoms with van der Waals surface area (Å²) in [5.74, 6) is 4.50. The Morgan fingerprint density at radius 1 is 1.41 bits per heavy atom. The monoisotopic (exact) mass is 305 g/mol. The van der Waals surface area contributed by atoms with Gasteiger partial charge in [0.25, 0.3) is 0 Å². The third-order valence-electron chi connectivity index (χ3n) is 2.67. The normalized spacial score (nSPS) is 10.1. The van der Waals surface area contributed by atoms with Crippen LogP contribution in [0.2, 0.25) is 0 Å². The summed E-state index contributed by atoms with van der Waals surface area (Å²) in [5.41, 5.74) is 0.838. The van der Waals surface area contributed by atoms with Gasteiger partial charge < -0.3 is 15.1 Å². The van der Waals surface area contributed by atoms with Crippen LogP contribution in [0.15, 0.2) is 36.5 Å². The van der Waals surface area contributed by atoms with E-state index in [0.29, 0.717) is 6.54 Å². The minimum absolute atomic E-state index is 0.0355. The number of carbonyl (C=O) groups excluding carboxylic acids is 1. The Morgan fingerprint density at radius 3 is 2.82 bits per heavy atom. The Bertz CT molecular complexity index is 638. The predicted molar refractivity (Wildman–Crippen MR) is 79.8 cm³/mol. The van der Waals surface area contributed by atoms with Crippen molar-refractivity contribution in [3.05, 3.63) is 42.3 Å². The molecule has 0 saturated carbocycles. The minimum Gasteiger partial charge on any atom is -0.461 e. The number of carbonyl (C=O) groups is 1. The molecule has 1 amide bonds. The standard InChI is InChI=1S/C14H16FN5O2/c1-10(21)18-13-12(15)9-17-14(19-13)22-8-7-20(16)11-5-3-2-4-6-11/h2-6,9H,7-8,16H2,1H3,(H,17,18,19,21). The number of anilines is 2. The smallest absolute Gasteiger partial charge is 0.318 e. The molecule has 0 bridgehead atoms. The molecular weight excluding hydrogens is 289 g/mol. The molecule has 116 valence electrons. The first kappa shape index (κ1) is 15.6. The van der Waals surface area contributed by atoms with E-state index in [4.69, 9.17) is 10.6 Å². The largest absolute Gasteiger partial charge is 0.461 e. The van der Waals surface area contributed by atoms with Crippen LogP contribution in [0.25, 0.3) is 0 Å². The molecule has 0 unspecified atom stereocenters. The topological polar surface area (TPSA) is 93.4 Å². The first-order valence-electron chi connectivity index (χ1n) is 6.56. The number of nitrogens with two attached hydrogens (primary N) is 1. The van der Waals surface area contributed by atoms with Crippen molar-refractivity contribution in [2.24, 2.45) is 5.84 Å². The number of ether oxygens (including phenoxy) is 1. The maximum Gasteiger partial charge on any atom is 0.318 e. The molecule has 0 fully saturated rings. The fourth-order valence-corrected chi connectivity index (χ4v) is 1.66. The Kier molecular flexibility index (Phi) is 5.21. The molecule has 0 radical (unpaired) electrons. The summed E-state index contributed by atoms with van der Waals surface area (Å²) < 4.78 is 18.7. The lowest BCUT2D eigenvalue weighted by atomic mass is 10.3. The van der Waals surface area contributed by atoms with E-state index in [1.807, 2.05) is 30.3 Å². The Labute approximate surface area is 126 Å². The molecule has 3 N–H and O–H groups in total. The van der Waals surface area contributed by atoms with Gasteiger partial charge in [0.2, 0.25) is 5.91 Å². The van der Waals surface area contributed by atoms with E-state index in [9.17, 15) is 9.18 Å². The van der Waals surface area contributed by atoms with Crippen molar-refractivity contribution in [2.75, 3.05) is 23.5 Å². The van der Waals surface area contributed by atoms with Crippen molar-refractivity contribution < 1.29 is 13.9 Å². The van der Waals surface area contributed by atoms with E-state index < -0.39 is 11.7 Å². The number of hydrazine groups is 1. The quantitative estimate of drug-likeness (QED) is 0.618. The zero-order valence-electron chi connectivity index (χ0n) is 12.0. The van der Waals surface area contributed by atoms with Crippen LogP contribution in [0, 0.1) is 5.82 Å². The van der Waals surface area contributed by atoms with Crippen molar-refractivity contribution in [1.82, 2.24) is 9.97 Å². The molecule has 0 saturated heterocycles. The number of aromatic nitrogens is 2. The number of hydrogen-bond acceptors (Lipinski definition) is 6. The van der Waals surface area contributed by atoms with Crippen LogP contribution in [0.4, 0.5) is 15.9 Å². The summed E-state index contributed by atoms with van der Waals surface area (Å²) in [6.07, 6.45) is 0.936. The van der Waals surface area contributed by atoms with Gasteiger partial charge in [-0.1, -0.05) is 18.2 Å². The molecule has 2 rings (SSSR count). The Hall–Kier alpha value is -2.74. The van der Waals surface area contributed by atoms with Crippen LogP contribution in [-0.2, 0) is 4.79 Å². The number of nitrogens with one attached hydrogen (secondary N) is 1. The fraction of sp³-hybridized carbons (Fsp3) is 0.214. The van der Waals surface area contributed by atoms with Crippen molar-refractivity contribution in [1.29, 1.82) is 0 Å². The first-order chi connectivity index (χ1) is 10.6. The van der Waals surface area contributed by atoms with Gasteiger partial charge in [-0.2, -0.15) is 4.98 Å². The number of nitrogens with zero attached hydrogens (tertiary/aromatic N) is 3. The molecule has 0 aliphatic rings. The third kappa shape index (κ3) is 4.38. The van der Waals surface area contributed by atoms with Crippen molar-refractivity contribution >= 4 is 17.4 Å². The van der Waals surface area contributed by atoms with Crippen LogP contribution in [0.3, 0.4) is 0 Å². The van der Waals surface area contributed by atoms with Gasteiger partial charge in [-0.3, -0.25) is 4.79 Å². The van der Waals surface area contributed by atoms with E-state index in [1.165, 1.54) is 11.9 Å². The average molecular weight is 305 g/mol. The van der Waals surface area contributed by atoms with Gasteiger partial charge in [-0.25, -0.2) is 15.2 Å². The summed E-state index contributed by atoms with van der Waals surface area (Å²) in [7, 11) is 0. The van der Waals surface area contributed by atoms with Crippen molar-refractivity contribution in [3.63, 3.8) is 0 Å². The van der Waals surface area contributed by atoms with Gasteiger partial charge in [-0.15, -0.1) is 0 Å². The average Bonchev–Trinajstić information content (AvgIpc) is 2.50. The lowest BCUT2D eigenvalue weighted by Gasteiger charge is -2.18. The predicted octanol–water partition coefficient (Wildman–Crippen LogP) is 1.33. The summed E-state index contributed by atoms with van der Waals surface area (Å²) >= 11 is 0. The van der Waals surface area contributed by atoms with Gasteiger partial charge in [0.15, 0.2) is 11.6 Å². The highest BCUT2D eigenvalue weighted by Gasteiger charge is 2.09. The minimum atomic E-state index is -0.729. The maximum atomic E-state index is 13.4. The number of amides is 1. The van der Waals surface area contributed by atoms with Gasteiger partial charge in [0.05, 0.1) is 18.4 Å². The highest BCUT2D eigenvalue weighted by Crippen LogP contribution is 2.13. The number of hydrogen-bond donors (Lipinski definition) is 2. The SMILES string of the molecule is CC(=O)Nc1nc(OCCN(N)c2ccccc2)ncc1F. The molecule has 8 heteroatoms. The van der Waals surface area contributed by atoms with Crippen LogP contribution in [0.5, 0.6) is 6.01 Å². The maximum absolute atomic E-state index is 13.4. The molecule has 7 nitrogen and oxygen atoms in total. The number of halogens is 1. The molecular formula is C14H16FN5O2. The molecule has 0 aliphatic carbocycles. The van der Waals surface area contributed by atoms with Crippen molar-refractivity contribution in [3.8, 4) is 6.01 Å². The molecule has 0 atom stereocenters. The summed E-state index contributed by atoms with van der Waals surface area (Å²) in [5, 5.41) is 3.77. The van der Waals surface area contributed by atoms with Gasteiger partial charge in [0, 0.05) is 6.92 Å². The summed E-state index contributed by atoms with van der Waals surface area (Å²) in [6.45, 7) is 1.85. The second kappa shape index (κ2) is 7.32. The molecule has 0 aliphatic heterocycles. The molecule has 22 heavy (non-hydrogen) atoms. The van der Waals surface area contributed by atoms with Gasteiger partial charge in [-0.05, 0) is 12.1 Å². The van der Waals surface area contributed by atoms with Crippen LogP contribution in [0.1, 0.15) is 6.92 Å². The van der Waals surface area contributed by atoms with E-state index in [0.717, 1.165) is 11.9 Å². The molecule has 2 aromatic rings. The highest BCUT2D eigenvalue weighted by molar-refractivity contribution is 5.87. The van der Waals surface area contributed by atoms with Crippen molar-refractivity contribution in [2.45, 2.75) is 6.92 Å². The molecule has 1 aromatic carbocycles. The van der Waals surface area contributed by atoms with Crippen LogP contribution in [-0.4, -0.2) is 29.0 Å². The van der Waals surface area contributed by atoms with E-state index in [-0.39, 0.29) is 18.4 Å². The van der Waals surface area contributed by atoms with Gasteiger partial charge >= 0.3 is 6.01 Å². The molecule has 1 aromatic heterocycles. The zero-order chi connectivity index (χ0) is 15.9. The molecule has 1 heterocycles. The second-order valence-corrected chi connectivity index (χ2v) is 4.41. The number of benzene rings is 1. The highest BCUT2D eigenvalue weighted by atomic mass is 19.1. The van der Waals surface area contributed by atoms with E-state index in [1.54, 1.807) is 0 Å². The lowest BCUT2D eigenvalue weighted by Crippen LogP contribution is -2.34. The van der Waals surface area contributed by atoms with E-state index in [2.05, 4.69) is 15.3 Å². The molecule has 0 spiro atoms. The van der Waals surface area contributed by atoms with Crippen LogP contribution >= 0.6 is 0 Å². The lowest BCUT2D eigenvalue weighted by molar-refractivity contribution is -0.114. The number of para-hydroxylation sites is 1. The summed E-state index contributed by atoms with van der Waals surface area (Å²) in [4.78, 5) is 18.4. The third-order valence-corrected chi connectivity index (χ3v) is 2.67. The zero-order valence-corrected chi connectivity index (χ0v) is 12.0. The summed E-state index contributed by atoms with van der Waals surface area (Å²) in [6, 6.07) is 9.33. The Morgan fingerprint density at radius 2 is 2.14 bits per heavy atom. The second-order valence-electron chi connectivity index (χ2n) is 4.41. The van der Waals surface area contributed by atoms with Crippen LogP contribution < -0.4 is 20.9 Å². The fourth-order valence-electron chi connectivity index (χ4n) is 1.66. The van der Waals surface area contributed by atoms with E-state index >= 15 is 0 Å². The first-order valence-corrected chi connectivity index (χ1v) is 6.56. The number of rotatable bonds is 6. The Balaban J connectivity index is 1.90. The van der Waals surface area contributed by atoms with Gasteiger partial charge in [0.1, 0.15) is 6.61 Å².